The average Bonchev–Trinajstić information content (AvgIpc) is 2.69. The smallest absolute Gasteiger partial charge is 0.243 e. The molecule has 1 aromatic carbocycles. The number of carbonyl (C=O) groups is 1. The maximum Gasteiger partial charge on any atom is 0.243 e. The van der Waals surface area contributed by atoms with E-state index in [0.29, 0.717) is 31.4 Å². The number of nitrogens with zero attached hydrogens (tertiary/aromatic N) is 1. The molecule has 1 saturated carbocycles. The zero-order valence-corrected chi connectivity index (χ0v) is 16.1. The summed E-state index contributed by atoms with van der Waals surface area (Å²) in [6, 6.07) is 2.58. The predicted molar refractivity (Wildman–Crippen MR) is 97.4 cm³/mol. The molecular formula is C19H26F2N2O3S. The van der Waals surface area contributed by atoms with Gasteiger partial charge >= 0.3 is 0 Å². The summed E-state index contributed by atoms with van der Waals surface area (Å²) in [5, 5.41) is 3.02. The van der Waals surface area contributed by atoms with Crippen LogP contribution in [0.1, 0.15) is 44.9 Å². The number of carbonyl (C=O) groups excluding carboxylic acids is 1. The van der Waals surface area contributed by atoms with E-state index in [2.05, 4.69) is 5.32 Å². The second-order valence-electron chi connectivity index (χ2n) is 7.50. The Hall–Kier alpha value is -1.54. The summed E-state index contributed by atoms with van der Waals surface area (Å²) in [5.41, 5.74) is 0. The van der Waals surface area contributed by atoms with Crippen molar-refractivity contribution in [3.8, 4) is 0 Å². The number of rotatable bonds is 5. The van der Waals surface area contributed by atoms with E-state index in [9.17, 15) is 22.0 Å². The van der Waals surface area contributed by atoms with Crippen LogP contribution in [0.2, 0.25) is 0 Å². The molecule has 0 radical (unpaired) electrons. The molecule has 1 N–H and O–H groups in total. The predicted octanol–water partition coefficient (Wildman–Crippen LogP) is 3.06. The number of hydrogen-bond donors (Lipinski definition) is 1. The molecule has 27 heavy (non-hydrogen) atoms. The number of hydrogen-bond acceptors (Lipinski definition) is 3. The van der Waals surface area contributed by atoms with Crippen molar-refractivity contribution < 1.29 is 22.0 Å². The van der Waals surface area contributed by atoms with Crippen LogP contribution >= 0.6 is 0 Å². The normalized spacial score (nSPS) is 20.5. The SMILES string of the molecule is O=C(NCC1CCCCC1)C1CCN(S(=O)(=O)c2ccc(F)c(F)c2)CC1. The van der Waals surface area contributed by atoms with Crippen molar-refractivity contribution in [3.05, 3.63) is 29.8 Å². The van der Waals surface area contributed by atoms with Crippen LogP contribution in [0.3, 0.4) is 0 Å². The Morgan fingerprint density at radius 1 is 1.04 bits per heavy atom. The number of nitrogens with one attached hydrogen (secondary N) is 1. The van der Waals surface area contributed by atoms with Crippen LogP contribution in [-0.2, 0) is 14.8 Å². The molecule has 0 unspecified atom stereocenters. The first kappa shape index (κ1) is 20.2. The second-order valence-corrected chi connectivity index (χ2v) is 9.44. The van der Waals surface area contributed by atoms with E-state index >= 15 is 0 Å². The zero-order valence-electron chi connectivity index (χ0n) is 15.3. The van der Waals surface area contributed by atoms with E-state index in [-0.39, 0.29) is 29.8 Å². The third-order valence-electron chi connectivity index (χ3n) is 5.64. The highest BCUT2D eigenvalue weighted by molar-refractivity contribution is 7.89. The summed E-state index contributed by atoms with van der Waals surface area (Å²) in [5.74, 6) is -1.93. The highest BCUT2D eigenvalue weighted by Gasteiger charge is 2.32. The van der Waals surface area contributed by atoms with E-state index in [1.165, 1.54) is 23.6 Å². The molecule has 0 spiro atoms. The maximum absolute atomic E-state index is 13.4. The van der Waals surface area contributed by atoms with E-state index in [1.54, 1.807) is 0 Å². The van der Waals surface area contributed by atoms with Gasteiger partial charge in [-0.1, -0.05) is 19.3 Å². The Labute approximate surface area is 159 Å². The molecule has 1 aromatic rings. The summed E-state index contributed by atoms with van der Waals surface area (Å²) in [4.78, 5) is 12.1. The lowest BCUT2D eigenvalue weighted by atomic mass is 9.89. The molecule has 1 aliphatic carbocycles. The van der Waals surface area contributed by atoms with Gasteiger partial charge in [-0.25, -0.2) is 17.2 Å². The molecule has 1 aliphatic heterocycles. The van der Waals surface area contributed by atoms with Crippen molar-refractivity contribution in [2.24, 2.45) is 11.8 Å². The summed E-state index contributed by atoms with van der Waals surface area (Å²) in [7, 11) is -3.88. The molecule has 0 atom stereocenters. The molecule has 5 nitrogen and oxygen atoms in total. The lowest BCUT2D eigenvalue weighted by molar-refractivity contribution is -0.126. The van der Waals surface area contributed by atoms with E-state index in [0.717, 1.165) is 25.0 Å². The van der Waals surface area contributed by atoms with Crippen molar-refractivity contribution in [3.63, 3.8) is 0 Å². The van der Waals surface area contributed by atoms with Gasteiger partial charge in [0.25, 0.3) is 0 Å². The van der Waals surface area contributed by atoms with Crippen molar-refractivity contribution >= 4 is 15.9 Å². The van der Waals surface area contributed by atoms with Gasteiger partial charge in [0.05, 0.1) is 4.90 Å². The molecule has 1 saturated heterocycles. The van der Waals surface area contributed by atoms with Gasteiger partial charge in [0.2, 0.25) is 15.9 Å². The Bertz CT molecular complexity index is 771. The largest absolute Gasteiger partial charge is 0.356 e. The van der Waals surface area contributed by atoms with Gasteiger partial charge in [0.15, 0.2) is 11.6 Å². The minimum atomic E-state index is -3.88. The molecule has 0 bridgehead atoms. The van der Waals surface area contributed by atoms with Gasteiger partial charge in [0, 0.05) is 25.6 Å². The highest BCUT2D eigenvalue weighted by atomic mass is 32.2. The monoisotopic (exact) mass is 400 g/mol. The fraction of sp³-hybridized carbons (Fsp3) is 0.632. The van der Waals surface area contributed by atoms with Crippen LogP contribution in [0.25, 0.3) is 0 Å². The van der Waals surface area contributed by atoms with Gasteiger partial charge in [-0.3, -0.25) is 4.79 Å². The Balaban J connectivity index is 1.53. The topological polar surface area (TPSA) is 66.5 Å². The van der Waals surface area contributed by atoms with Crippen molar-refractivity contribution in [1.82, 2.24) is 9.62 Å². The second kappa shape index (κ2) is 8.65. The van der Waals surface area contributed by atoms with Crippen LogP contribution in [0.4, 0.5) is 8.78 Å². The number of benzene rings is 1. The summed E-state index contributed by atoms with van der Waals surface area (Å²) in [6.07, 6.45) is 6.89. The number of sulfonamides is 1. The third kappa shape index (κ3) is 4.85. The molecule has 1 heterocycles. The van der Waals surface area contributed by atoms with E-state index in [4.69, 9.17) is 0 Å². The maximum atomic E-state index is 13.4. The molecule has 1 amide bonds. The number of amides is 1. The molecule has 2 aliphatic rings. The average molecular weight is 400 g/mol. The fourth-order valence-electron chi connectivity index (χ4n) is 3.93. The Kier molecular flexibility index (Phi) is 6.47. The molecule has 8 heteroatoms. The van der Waals surface area contributed by atoms with Crippen LogP contribution in [0.15, 0.2) is 23.1 Å². The van der Waals surface area contributed by atoms with Crippen LogP contribution < -0.4 is 5.32 Å². The van der Waals surface area contributed by atoms with Crippen molar-refractivity contribution in [2.75, 3.05) is 19.6 Å². The van der Waals surface area contributed by atoms with E-state index < -0.39 is 21.7 Å². The Morgan fingerprint density at radius 3 is 2.33 bits per heavy atom. The standard InChI is InChI=1S/C19H26F2N2O3S/c20-17-7-6-16(12-18(17)21)27(25,26)23-10-8-15(9-11-23)19(24)22-13-14-4-2-1-3-5-14/h6-7,12,14-15H,1-5,8-11,13H2,(H,22,24). The summed E-state index contributed by atoms with van der Waals surface area (Å²) < 4.78 is 52.9. The van der Waals surface area contributed by atoms with Gasteiger partial charge in [0.1, 0.15) is 0 Å². The molecular weight excluding hydrogens is 374 g/mol. The van der Waals surface area contributed by atoms with Gasteiger partial charge < -0.3 is 5.32 Å². The third-order valence-corrected chi connectivity index (χ3v) is 7.54. The van der Waals surface area contributed by atoms with Crippen LogP contribution in [0.5, 0.6) is 0 Å². The van der Waals surface area contributed by atoms with E-state index in [1.807, 2.05) is 0 Å². The lowest BCUT2D eigenvalue weighted by Crippen LogP contribution is -2.43. The fourth-order valence-corrected chi connectivity index (χ4v) is 5.41. The van der Waals surface area contributed by atoms with Crippen molar-refractivity contribution in [2.45, 2.75) is 49.8 Å². The Morgan fingerprint density at radius 2 is 1.70 bits per heavy atom. The number of halogens is 2. The van der Waals surface area contributed by atoms with Crippen LogP contribution in [0, 0.1) is 23.5 Å². The first-order chi connectivity index (χ1) is 12.9. The van der Waals surface area contributed by atoms with Gasteiger partial charge in [-0.15, -0.1) is 0 Å². The minimum absolute atomic E-state index is 0.00884. The molecule has 0 aromatic heterocycles. The quantitative estimate of drug-likeness (QED) is 0.826. The molecule has 3 rings (SSSR count). The summed E-state index contributed by atoms with van der Waals surface area (Å²) >= 11 is 0. The first-order valence-electron chi connectivity index (χ1n) is 9.61. The first-order valence-corrected chi connectivity index (χ1v) is 11.0. The molecule has 2 fully saturated rings. The lowest BCUT2D eigenvalue weighted by Gasteiger charge is -2.31. The van der Waals surface area contributed by atoms with Crippen LogP contribution in [-0.4, -0.2) is 38.3 Å². The zero-order chi connectivity index (χ0) is 19.4. The van der Waals surface area contributed by atoms with Gasteiger partial charge in [-0.05, 0) is 49.8 Å². The van der Waals surface area contributed by atoms with Crippen molar-refractivity contribution in [1.29, 1.82) is 0 Å². The van der Waals surface area contributed by atoms with Gasteiger partial charge in [-0.2, -0.15) is 4.31 Å². The highest BCUT2D eigenvalue weighted by Crippen LogP contribution is 2.26. The number of piperidine rings is 1. The minimum Gasteiger partial charge on any atom is -0.356 e. The summed E-state index contributed by atoms with van der Waals surface area (Å²) in [6.45, 7) is 1.10. The molecule has 150 valence electrons.